The summed E-state index contributed by atoms with van der Waals surface area (Å²) in [5, 5.41) is 10.1. The van der Waals surface area contributed by atoms with Gasteiger partial charge < -0.3 is 0 Å². The first-order chi connectivity index (χ1) is 7.35. The maximum Gasteiger partial charge on any atom is 0.128 e. The molecule has 0 saturated heterocycles. The van der Waals surface area contributed by atoms with Crippen molar-refractivity contribution in [3.05, 3.63) is 15.6 Å². The van der Waals surface area contributed by atoms with Crippen LogP contribution < -0.4 is 0 Å². The molecule has 1 aliphatic carbocycles. The van der Waals surface area contributed by atoms with Crippen LogP contribution in [0.2, 0.25) is 0 Å². The molecule has 1 saturated carbocycles. The fourth-order valence-electron chi connectivity index (χ4n) is 1.46. The van der Waals surface area contributed by atoms with Crippen molar-refractivity contribution in [3.8, 4) is 6.07 Å². The number of hydrogen-bond donors (Lipinski definition) is 0. The van der Waals surface area contributed by atoms with Gasteiger partial charge in [-0.3, -0.25) is 0 Å². The molecule has 2 rings (SSSR count). The summed E-state index contributed by atoms with van der Waals surface area (Å²) in [6.07, 6.45) is 3.65. The van der Waals surface area contributed by atoms with Gasteiger partial charge in [-0.05, 0) is 25.0 Å². The summed E-state index contributed by atoms with van der Waals surface area (Å²) in [7, 11) is 0. The average Bonchev–Trinajstić information content (AvgIpc) is 3.01. The van der Waals surface area contributed by atoms with E-state index < -0.39 is 0 Å². The number of aromatic nitrogens is 1. The molecule has 0 radical (unpaired) electrons. The van der Waals surface area contributed by atoms with E-state index in [1.165, 1.54) is 25.0 Å². The summed E-state index contributed by atoms with van der Waals surface area (Å²) in [6.45, 7) is 2.19. The second-order valence-electron chi connectivity index (χ2n) is 3.76. The molecular weight excluding hydrogens is 224 g/mol. The van der Waals surface area contributed by atoms with Crippen molar-refractivity contribution in [1.82, 2.24) is 4.98 Å². The van der Waals surface area contributed by atoms with E-state index in [0.29, 0.717) is 5.92 Å². The topological polar surface area (TPSA) is 36.7 Å². The molecule has 15 heavy (non-hydrogen) atoms. The smallest absolute Gasteiger partial charge is 0.128 e. The van der Waals surface area contributed by atoms with Crippen LogP contribution in [-0.4, -0.2) is 10.7 Å². The largest absolute Gasteiger partial charge is 0.244 e. The van der Waals surface area contributed by atoms with Crippen molar-refractivity contribution in [3.63, 3.8) is 0 Å². The van der Waals surface area contributed by atoms with E-state index >= 15 is 0 Å². The highest BCUT2D eigenvalue weighted by Crippen LogP contribution is 2.42. The number of hydrogen-bond acceptors (Lipinski definition) is 4. The highest BCUT2D eigenvalue weighted by molar-refractivity contribution is 7.98. The number of nitriles is 1. The number of rotatable bonds is 5. The first-order valence-electron chi connectivity index (χ1n) is 5.32. The van der Waals surface area contributed by atoms with E-state index in [1.807, 2.05) is 11.8 Å². The molecule has 0 spiro atoms. The number of thiazole rings is 1. The maximum atomic E-state index is 8.99. The Labute approximate surface area is 98.7 Å². The molecule has 2 nitrogen and oxygen atoms in total. The molecule has 0 aliphatic heterocycles. The lowest BCUT2D eigenvalue weighted by Gasteiger charge is -1.93. The van der Waals surface area contributed by atoms with Gasteiger partial charge >= 0.3 is 0 Å². The second-order valence-corrected chi connectivity index (χ2v) is 5.95. The lowest BCUT2D eigenvalue weighted by molar-refractivity contribution is 1.02. The van der Waals surface area contributed by atoms with Gasteiger partial charge in [-0.2, -0.15) is 17.0 Å². The van der Waals surface area contributed by atoms with Crippen molar-refractivity contribution < 1.29 is 0 Å². The third-order valence-electron chi connectivity index (χ3n) is 2.34. The summed E-state index contributed by atoms with van der Waals surface area (Å²) >= 11 is 3.49. The molecule has 0 amide bonds. The van der Waals surface area contributed by atoms with Crippen LogP contribution in [0.15, 0.2) is 0 Å². The van der Waals surface area contributed by atoms with Crippen LogP contribution >= 0.6 is 23.1 Å². The average molecular weight is 238 g/mol. The molecule has 1 aromatic heterocycles. The van der Waals surface area contributed by atoms with Gasteiger partial charge in [-0.25, -0.2) is 4.98 Å². The van der Waals surface area contributed by atoms with Gasteiger partial charge in [0.2, 0.25) is 0 Å². The third-order valence-corrected chi connectivity index (χ3v) is 4.67. The zero-order chi connectivity index (χ0) is 10.7. The van der Waals surface area contributed by atoms with E-state index in [0.717, 1.165) is 21.3 Å². The predicted molar refractivity (Wildman–Crippen MR) is 65.3 cm³/mol. The zero-order valence-corrected chi connectivity index (χ0v) is 10.5. The van der Waals surface area contributed by atoms with Crippen molar-refractivity contribution in [2.75, 3.05) is 5.75 Å². The van der Waals surface area contributed by atoms with Gasteiger partial charge in [0.05, 0.1) is 5.69 Å². The molecule has 0 atom stereocenters. The van der Waals surface area contributed by atoms with E-state index in [2.05, 4.69) is 18.0 Å². The van der Waals surface area contributed by atoms with E-state index in [9.17, 15) is 0 Å². The summed E-state index contributed by atoms with van der Waals surface area (Å²) in [6, 6.07) is 2.27. The van der Waals surface area contributed by atoms with Crippen LogP contribution in [0.4, 0.5) is 0 Å². The Bertz CT molecular complexity index is 374. The molecule has 1 aromatic rings. The molecule has 1 fully saturated rings. The molecule has 0 unspecified atom stereocenters. The fraction of sp³-hybridized carbons (Fsp3) is 0.636. The summed E-state index contributed by atoms with van der Waals surface area (Å²) in [5.74, 6) is 2.75. The Kier molecular flexibility index (Phi) is 3.66. The van der Waals surface area contributed by atoms with Crippen molar-refractivity contribution in [2.45, 2.75) is 37.9 Å². The van der Waals surface area contributed by atoms with Gasteiger partial charge in [0.15, 0.2) is 0 Å². The van der Waals surface area contributed by atoms with Crippen LogP contribution in [0.3, 0.4) is 0 Å². The number of nitrogens with zero attached hydrogens (tertiary/aromatic N) is 2. The van der Waals surface area contributed by atoms with Crippen LogP contribution in [0.5, 0.6) is 0 Å². The highest BCUT2D eigenvalue weighted by atomic mass is 32.2. The molecule has 80 valence electrons. The Morgan fingerprint density at radius 2 is 2.40 bits per heavy atom. The monoisotopic (exact) mass is 238 g/mol. The second kappa shape index (κ2) is 5.00. The Morgan fingerprint density at radius 1 is 1.60 bits per heavy atom. The normalized spacial score (nSPS) is 15.2. The first kappa shape index (κ1) is 11.0. The minimum absolute atomic E-state index is 0.598. The Balaban J connectivity index is 2.03. The third kappa shape index (κ3) is 2.73. The first-order valence-corrected chi connectivity index (χ1v) is 7.29. The maximum absolute atomic E-state index is 8.99. The van der Waals surface area contributed by atoms with E-state index in [1.54, 1.807) is 11.3 Å². The fourth-order valence-corrected chi connectivity index (χ4v) is 3.36. The van der Waals surface area contributed by atoms with Crippen molar-refractivity contribution in [2.24, 2.45) is 0 Å². The zero-order valence-electron chi connectivity index (χ0n) is 8.82. The standard InChI is InChI=1S/C11H14N2S2/c1-2-5-14-7-10-13-11(8-3-4-8)9(6-12)15-10/h8H,2-5,7H2,1H3. The van der Waals surface area contributed by atoms with Gasteiger partial charge in [-0.15, -0.1) is 11.3 Å². The Hall–Kier alpha value is -0.530. The number of thioether (sulfide) groups is 1. The quantitative estimate of drug-likeness (QED) is 0.736. The summed E-state index contributed by atoms with van der Waals surface area (Å²) in [4.78, 5) is 5.44. The minimum Gasteiger partial charge on any atom is -0.244 e. The SMILES string of the molecule is CCCSCc1nc(C2CC2)c(C#N)s1. The van der Waals surface area contributed by atoms with Gasteiger partial charge in [0.1, 0.15) is 16.0 Å². The van der Waals surface area contributed by atoms with Crippen LogP contribution in [0.1, 0.15) is 47.7 Å². The van der Waals surface area contributed by atoms with Crippen molar-refractivity contribution in [1.29, 1.82) is 5.26 Å². The predicted octanol–water partition coefficient (Wildman–Crippen LogP) is 3.54. The van der Waals surface area contributed by atoms with Crippen molar-refractivity contribution >= 4 is 23.1 Å². The molecular formula is C11H14N2S2. The molecule has 1 aliphatic rings. The molecule has 1 heterocycles. The molecule has 0 bridgehead atoms. The molecule has 4 heteroatoms. The van der Waals surface area contributed by atoms with E-state index in [-0.39, 0.29) is 0 Å². The lowest BCUT2D eigenvalue weighted by atomic mass is 10.3. The van der Waals surface area contributed by atoms with Gasteiger partial charge in [-0.1, -0.05) is 6.92 Å². The van der Waals surface area contributed by atoms with Crippen LogP contribution in [0, 0.1) is 11.3 Å². The lowest BCUT2D eigenvalue weighted by Crippen LogP contribution is -1.85. The summed E-state index contributed by atoms with van der Waals surface area (Å²) in [5.41, 5.74) is 1.08. The summed E-state index contributed by atoms with van der Waals surface area (Å²) < 4.78 is 0. The van der Waals surface area contributed by atoms with E-state index in [4.69, 9.17) is 5.26 Å². The van der Waals surface area contributed by atoms with Gasteiger partial charge in [0.25, 0.3) is 0 Å². The minimum atomic E-state index is 0.598. The molecule has 0 aromatic carbocycles. The molecule has 0 N–H and O–H groups in total. The Morgan fingerprint density at radius 3 is 3.00 bits per heavy atom. The van der Waals surface area contributed by atoms with Gasteiger partial charge in [0, 0.05) is 11.7 Å². The van der Waals surface area contributed by atoms with Crippen LogP contribution in [-0.2, 0) is 5.75 Å². The van der Waals surface area contributed by atoms with Crippen LogP contribution in [0.25, 0.3) is 0 Å². The highest BCUT2D eigenvalue weighted by Gasteiger charge is 2.29.